The molecule has 2 saturated heterocycles. The number of benzene rings is 1. The number of hydrogen-bond acceptors (Lipinski definition) is 8. The van der Waals surface area contributed by atoms with Gasteiger partial charge in [-0.25, -0.2) is 18.2 Å². The second-order valence-corrected chi connectivity index (χ2v) is 14.6. The van der Waals surface area contributed by atoms with Gasteiger partial charge in [0, 0.05) is 39.4 Å². The van der Waals surface area contributed by atoms with Crippen molar-refractivity contribution in [2.24, 2.45) is 5.92 Å². The van der Waals surface area contributed by atoms with Crippen molar-refractivity contribution >= 4 is 50.5 Å². The summed E-state index contributed by atoms with van der Waals surface area (Å²) in [5.74, 6) is -2.70. The molecule has 13 heteroatoms. The molecule has 262 valence electrons. The van der Waals surface area contributed by atoms with Crippen LogP contribution in [-0.2, 0) is 16.7 Å². The number of anilines is 1. The molecule has 8 bridgehead atoms. The summed E-state index contributed by atoms with van der Waals surface area (Å²) in [7, 11) is 0.659. The van der Waals surface area contributed by atoms with Crippen LogP contribution in [0.1, 0.15) is 93.4 Å². The molecule has 1 aromatic carbocycles. The van der Waals surface area contributed by atoms with E-state index >= 15 is 13.2 Å². The molecule has 2 fully saturated rings. The van der Waals surface area contributed by atoms with E-state index in [1.807, 2.05) is 6.07 Å². The third-order valence-corrected chi connectivity index (χ3v) is 11.3. The van der Waals surface area contributed by atoms with Crippen molar-refractivity contribution in [1.29, 1.82) is 0 Å². The average molecular weight is 797 g/mol. The van der Waals surface area contributed by atoms with E-state index < -0.39 is 40.1 Å². The van der Waals surface area contributed by atoms with Gasteiger partial charge in [0.05, 0.1) is 30.7 Å². The minimum atomic E-state index is -3.29. The first-order valence-electron chi connectivity index (χ1n) is 17.1. The van der Waals surface area contributed by atoms with Crippen molar-refractivity contribution in [2.75, 3.05) is 50.2 Å². The van der Waals surface area contributed by atoms with Crippen molar-refractivity contribution in [3.63, 3.8) is 0 Å². The van der Waals surface area contributed by atoms with Crippen molar-refractivity contribution < 1.29 is 26.9 Å². The molecule has 48 heavy (non-hydrogen) atoms. The van der Waals surface area contributed by atoms with E-state index in [0.717, 1.165) is 57.1 Å². The Kier molecular flexibility index (Phi) is 13.3. The van der Waals surface area contributed by atoms with E-state index in [-0.39, 0.29) is 17.4 Å². The Balaban J connectivity index is 0.00000221. The number of piperidine rings is 1. The summed E-state index contributed by atoms with van der Waals surface area (Å²) < 4.78 is 71.9. The van der Waals surface area contributed by atoms with Crippen molar-refractivity contribution in [1.82, 2.24) is 20.1 Å². The molecule has 1 atom stereocenters. The Morgan fingerprint density at radius 3 is 2.44 bits per heavy atom. The number of methoxy groups -OCH3 is 1. The molecule has 2 aromatic heterocycles. The third-order valence-electron chi connectivity index (χ3n) is 9.90. The molecule has 0 amide bonds. The second-order valence-electron chi connectivity index (χ2n) is 12.9. The summed E-state index contributed by atoms with van der Waals surface area (Å²) in [5, 5.41) is 12.4. The summed E-state index contributed by atoms with van der Waals surface area (Å²) in [6.07, 6.45) is 7.22. The van der Waals surface area contributed by atoms with E-state index in [1.165, 1.54) is 25.3 Å². The molecule has 8 nitrogen and oxygen atoms in total. The number of nitrogens with one attached hydrogen (secondary N) is 1. The standard InChI is InChI=1S/C34H44F3N5O3S.CH3.Sb/c1-22-25-9-8-10-28(29(25)35)34(36,37)24-11-16-42(17-12-24)15-6-4-3-5-7-18-45-32-26(23-13-19-46(43)20-14-23)21-27-30(39-32)33(44-2)41-40-31(27)38-22;;/h8-10,21-24H,3-7,11-20H2,1-2H3,(H,38,40);1H3;/t22-,23?,46?;;/m1../s1. The molecule has 1 N–H and O–H groups in total. The molecule has 0 spiro atoms. The van der Waals surface area contributed by atoms with Crippen molar-refractivity contribution in [3.8, 4) is 11.8 Å². The monoisotopic (exact) mass is 795 g/mol. The van der Waals surface area contributed by atoms with Gasteiger partial charge < -0.3 is 19.7 Å². The van der Waals surface area contributed by atoms with Crippen molar-refractivity contribution in [3.05, 3.63) is 46.8 Å². The van der Waals surface area contributed by atoms with Crippen LogP contribution in [0.5, 0.6) is 11.8 Å². The molecule has 6 aliphatic heterocycles. The van der Waals surface area contributed by atoms with Crippen LogP contribution in [-0.4, -0.2) is 92.2 Å². The normalized spacial score (nSPS) is 26.6. The Bertz CT molecular complexity index is 1550. The summed E-state index contributed by atoms with van der Waals surface area (Å²) in [4.78, 5) is 9.21. The van der Waals surface area contributed by atoms with Crippen LogP contribution >= 0.6 is 0 Å². The maximum atomic E-state index is 16.0. The predicted octanol–water partition coefficient (Wildman–Crippen LogP) is 7.32. The first-order chi connectivity index (χ1) is 23.3. The SMILES string of the molecule is COc1nnc2c3cc(C4CCS(=O)CC4)c(nc13)OCCCCCCCN1CCC(CC1)C(F)(F)c1cccc(c1F)[C@@H](C)N2.[CH3][Sb]. The summed E-state index contributed by atoms with van der Waals surface area (Å²) in [6, 6.07) is 5.53. The predicted molar refractivity (Wildman–Crippen MR) is 185 cm³/mol. The van der Waals surface area contributed by atoms with E-state index in [4.69, 9.17) is 14.5 Å². The molecule has 0 unspecified atom stereocenters. The van der Waals surface area contributed by atoms with E-state index in [2.05, 4.69) is 25.3 Å². The zero-order valence-electron chi connectivity index (χ0n) is 28.2. The number of halogens is 3. The van der Waals surface area contributed by atoms with Crippen LogP contribution in [0.25, 0.3) is 10.9 Å². The average Bonchev–Trinajstić information content (AvgIpc) is 3.10. The molecule has 9 rings (SSSR count). The third kappa shape index (κ3) is 8.40. The van der Waals surface area contributed by atoms with Gasteiger partial charge in [0.2, 0.25) is 5.88 Å². The summed E-state index contributed by atoms with van der Waals surface area (Å²) in [6.45, 7) is 4.33. The van der Waals surface area contributed by atoms with Crippen molar-refractivity contribution in [2.45, 2.75) is 87.5 Å². The van der Waals surface area contributed by atoms with Gasteiger partial charge in [-0.2, -0.15) is 0 Å². The van der Waals surface area contributed by atoms with Crippen LogP contribution in [0.3, 0.4) is 0 Å². The fourth-order valence-electron chi connectivity index (χ4n) is 7.11. The van der Waals surface area contributed by atoms with Gasteiger partial charge in [0.15, 0.2) is 5.82 Å². The van der Waals surface area contributed by atoms with Gasteiger partial charge >= 0.3 is 27.9 Å². The number of alkyl halides is 2. The number of pyridine rings is 1. The summed E-state index contributed by atoms with van der Waals surface area (Å²) >= 11 is 1.75. The van der Waals surface area contributed by atoms with E-state index in [9.17, 15) is 4.21 Å². The van der Waals surface area contributed by atoms with Gasteiger partial charge in [-0.05, 0) is 77.1 Å². The number of hydrogen-bond donors (Lipinski definition) is 1. The summed E-state index contributed by atoms with van der Waals surface area (Å²) in [5.41, 5.74) is 0.921. The molecular weight excluding hydrogens is 749 g/mol. The number of rotatable bonds is 2. The number of nitrogens with zero attached hydrogens (tertiary/aromatic N) is 4. The quantitative estimate of drug-likeness (QED) is 0.270. The fraction of sp³-hybridized carbons (Fsp3) is 0.629. The van der Waals surface area contributed by atoms with Crippen LogP contribution in [0.4, 0.5) is 19.0 Å². The van der Waals surface area contributed by atoms with E-state index in [0.29, 0.717) is 66.6 Å². The van der Waals surface area contributed by atoms with Gasteiger partial charge in [0.1, 0.15) is 11.3 Å². The molecule has 2 radical (unpaired) electrons. The van der Waals surface area contributed by atoms with Gasteiger partial charge in [0.25, 0.3) is 11.8 Å². The Morgan fingerprint density at radius 1 is 1.00 bits per heavy atom. The van der Waals surface area contributed by atoms with Crippen LogP contribution in [0.15, 0.2) is 24.3 Å². The minimum absolute atomic E-state index is 0.102. The molecule has 6 aliphatic rings. The van der Waals surface area contributed by atoms with Crippen LogP contribution < -0.4 is 14.8 Å². The van der Waals surface area contributed by atoms with E-state index in [1.54, 1.807) is 29.9 Å². The topological polar surface area (TPSA) is 89.5 Å². The fourth-order valence-corrected chi connectivity index (χ4v) is 8.41. The zero-order valence-corrected chi connectivity index (χ0v) is 31.5. The molecule has 3 aromatic rings. The molecule has 8 heterocycles. The van der Waals surface area contributed by atoms with Crippen LogP contribution in [0.2, 0.25) is 4.87 Å². The Hall–Kier alpha value is -2.17. The van der Waals surface area contributed by atoms with Crippen LogP contribution in [0, 0.1) is 11.7 Å². The Morgan fingerprint density at radius 2 is 1.71 bits per heavy atom. The first-order valence-corrected chi connectivity index (χ1v) is 21.1. The first kappa shape index (κ1) is 37.1. The molecule has 0 saturated carbocycles. The van der Waals surface area contributed by atoms with Gasteiger partial charge in [-0.1, -0.05) is 37.5 Å². The zero-order chi connectivity index (χ0) is 34.3. The van der Waals surface area contributed by atoms with Gasteiger partial charge in [-0.3, -0.25) is 4.21 Å². The Labute approximate surface area is 298 Å². The maximum absolute atomic E-state index is 16.0. The number of ether oxygens (including phenoxy) is 2. The van der Waals surface area contributed by atoms with Gasteiger partial charge in [-0.15, -0.1) is 10.2 Å². The second kappa shape index (κ2) is 17.2. The number of aromatic nitrogens is 3. The molecule has 0 aliphatic carbocycles. The molecular formula is C35H47F3N5O3SSb.